The van der Waals surface area contributed by atoms with E-state index in [-0.39, 0.29) is 17.3 Å². The normalized spacial score (nSPS) is 14.2. The first-order valence-corrected chi connectivity index (χ1v) is 8.43. The second-order valence-electron chi connectivity index (χ2n) is 5.06. The average Bonchev–Trinajstić information content (AvgIpc) is 2.44. The van der Waals surface area contributed by atoms with Gasteiger partial charge in [0.2, 0.25) is 10.0 Å². The zero-order valence-electron chi connectivity index (χ0n) is 13.1. The largest absolute Gasteiger partial charge is 0.465 e. The van der Waals surface area contributed by atoms with Crippen LogP contribution in [0.1, 0.15) is 26.3 Å². The van der Waals surface area contributed by atoms with Gasteiger partial charge >= 0.3 is 5.97 Å². The van der Waals surface area contributed by atoms with E-state index in [2.05, 4.69) is 4.72 Å². The lowest BCUT2D eigenvalue weighted by molar-refractivity contribution is -0.148. The monoisotopic (exact) mass is 327 g/mol. The highest BCUT2D eigenvalue weighted by Gasteiger charge is 2.33. The molecule has 1 N–H and O–H groups in total. The molecule has 1 aromatic carbocycles. The fraction of sp³-hybridized carbons (Fsp3) is 0.467. The smallest absolute Gasteiger partial charge is 0.324 e. The van der Waals surface area contributed by atoms with Crippen molar-refractivity contribution in [3.8, 4) is 0 Å². The summed E-state index contributed by atoms with van der Waals surface area (Å²) in [5.74, 6) is -1.88. The molecule has 22 heavy (non-hydrogen) atoms. The maximum absolute atomic E-state index is 12.4. The molecule has 0 bridgehead atoms. The van der Waals surface area contributed by atoms with E-state index in [1.165, 1.54) is 26.0 Å². The van der Waals surface area contributed by atoms with Crippen LogP contribution in [-0.2, 0) is 24.3 Å². The van der Waals surface area contributed by atoms with Crippen LogP contribution in [0.3, 0.4) is 0 Å². The van der Waals surface area contributed by atoms with E-state index in [1.807, 2.05) is 6.92 Å². The Morgan fingerprint density at radius 3 is 2.23 bits per heavy atom. The summed E-state index contributed by atoms with van der Waals surface area (Å²) in [5.41, 5.74) is 0.915. The van der Waals surface area contributed by atoms with E-state index in [0.29, 0.717) is 0 Å². The number of hydrogen-bond donors (Lipinski definition) is 1. The van der Waals surface area contributed by atoms with E-state index in [1.54, 1.807) is 19.1 Å². The van der Waals surface area contributed by atoms with Crippen molar-refractivity contribution in [1.82, 2.24) is 4.72 Å². The summed E-state index contributed by atoms with van der Waals surface area (Å²) in [6.45, 7) is 6.34. The zero-order chi connectivity index (χ0) is 16.9. The van der Waals surface area contributed by atoms with Crippen molar-refractivity contribution in [3.63, 3.8) is 0 Å². The Balaban J connectivity index is 3.09. The number of Topliss-reactive ketones (excluding diaryl/α,β-unsaturated/α-hetero) is 1. The molecular weight excluding hydrogens is 306 g/mol. The van der Waals surface area contributed by atoms with Gasteiger partial charge in [0.1, 0.15) is 11.8 Å². The molecule has 7 heteroatoms. The molecule has 6 nitrogen and oxygen atoms in total. The highest BCUT2D eigenvalue weighted by atomic mass is 32.2. The molecule has 0 radical (unpaired) electrons. The maximum Gasteiger partial charge on any atom is 0.324 e. The Morgan fingerprint density at radius 1 is 1.23 bits per heavy atom. The molecule has 0 aliphatic heterocycles. The highest BCUT2D eigenvalue weighted by molar-refractivity contribution is 7.89. The molecule has 0 heterocycles. The van der Waals surface area contributed by atoms with Crippen molar-refractivity contribution in [2.75, 3.05) is 6.61 Å². The molecule has 2 atom stereocenters. The maximum atomic E-state index is 12.4. The van der Waals surface area contributed by atoms with Gasteiger partial charge in [0.15, 0.2) is 0 Å². The molecule has 0 aromatic heterocycles. The molecule has 122 valence electrons. The van der Waals surface area contributed by atoms with Crippen LogP contribution >= 0.6 is 0 Å². The molecule has 0 saturated heterocycles. The third kappa shape index (κ3) is 4.64. The van der Waals surface area contributed by atoms with Gasteiger partial charge in [-0.25, -0.2) is 8.42 Å². The summed E-state index contributed by atoms with van der Waals surface area (Å²) in [4.78, 5) is 23.5. The molecule has 0 aliphatic carbocycles. The third-order valence-corrected chi connectivity index (χ3v) is 4.75. The van der Waals surface area contributed by atoms with Crippen molar-refractivity contribution < 1.29 is 22.7 Å². The van der Waals surface area contributed by atoms with Gasteiger partial charge in [-0.15, -0.1) is 0 Å². The second-order valence-corrected chi connectivity index (χ2v) is 6.78. The van der Waals surface area contributed by atoms with E-state index in [4.69, 9.17) is 4.74 Å². The van der Waals surface area contributed by atoms with Gasteiger partial charge in [-0.2, -0.15) is 4.72 Å². The minimum atomic E-state index is -3.92. The average molecular weight is 327 g/mol. The van der Waals surface area contributed by atoms with Gasteiger partial charge < -0.3 is 4.74 Å². The number of ether oxygens (including phenoxy) is 1. The van der Waals surface area contributed by atoms with Crippen molar-refractivity contribution in [1.29, 1.82) is 0 Å². The van der Waals surface area contributed by atoms with Crippen LogP contribution in [0.5, 0.6) is 0 Å². The zero-order valence-corrected chi connectivity index (χ0v) is 13.9. The number of ketones is 1. The van der Waals surface area contributed by atoms with Gasteiger partial charge in [0, 0.05) is 5.92 Å². The first-order valence-electron chi connectivity index (χ1n) is 6.95. The van der Waals surface area contributed by atoms with Crippen LogP contribution in [0.25, 0.3) is 0 Å². The summed E-state index contributed by atoms with van der Waals surface area (Å²) >= 11 is 0. The number of aryl methyl sites for hydroxylation is 1. The summed E-state index contributed by atoms with van der Waals surface area (Å²) in [6.07, 6.45) is 0. The minimum absolute atomic E-state index is 0.0307. The molecule has 0 spiro atoms. The first-order chi connectivity index (χ1) is 10.2. The number of esters is 1. The number of carbonyl (C=O) groups excluding carboxylic acids is 2. The fourth-order valence-corrected chi connectivity index (χ4v) is 3.04. The van der Waals surface area contributed by atoms with Crippen LogP contribution in [0.15, 0.2) is 29.2 Å². The van der Waals surface area contributed by atoms with Crippen molar-refractivity contribution in [3.05, 3.63) is 29.8 Å². The van der Waals surface area contributed by atoms with Crippen molar-refractivity contribution in [2.24, 2.45) is 5.92 Å². The quantitative estimate of drug-likeness (QED) is 0.765. The molecule has 0 saturated carbocycles. The Hall–Kier alpha value is -1.73. The Bertz CT molecular complexity index is 636. The lowest BCUT2D eigenvalue weighted by Crippen LogP contribution is -2.47. The Labute approximate surface area is 130 Å². The third-order valence-electron chi connectivity index (χ3n) is 3.30. The molecule has 0 fully saturated rings. The second kappa shape index (κ2) is 7.51. The van der Waals surface area contributed by atoms with Gasteiger partial charge in [-0.05, 0) is 32.9 Å². The van der Waals surface area contributed by atoms with Crippen LogP contribution in [0.4, 0.5) is 0 Å². The standard InChI is InChI=1S/C15H21NO5S/c1-5-21-15(18)14(11(3)12(4)17)16-22(19,20)13-8-6-10(2)7-9-13/h6-9,11,14,16H,5H2,1-4H3. The van der Waals surface area contributed by atoms with Gasteiger partial charge in [-0.3, -0.25) is 9.59 Å². The SMILES string of the molecule is CCOC(=O)C(NS(=O)(=O)c1ccc(C)cc1)C(C)C(C)=O. The number of sulfonamides is 1. The number of benzene rings is 1. The van der Waals surface area contributed by atoms with Crippen LogP contribution < -0.4 is 4.72 Å². The lowest BCUT2D eigenvalue weighted by Gasteiger charge is -2.21. The molecular formula is C15H21NO5S. The van der Waals surface area contributed by atoms with Gasteiger partial charge in [0.05, 0.1) is 11.5 Å². The topological polar surface area (TPSA) is 89.5 Å². The summed E-state index contributed by atoms with van der Waals surface area (Å²) in [5, 5.41) is 0. The van der Waals surface area contributed by atoms with Gasteiger partial charge in [-0.1, -0.05) is 24.6 Å². The summed E-state index contributed by atoms with van der Waals surface area (Å²) in [7, 11) is -3.92. The predicted molar refractivity (Wildman–Crippen MR) is 81.8 cm³/mol. The lowest BCUT2D eigenvalue weighted by atomic mass is 9.99. The van der Waals surface area contributed by atoms with Crippen molar-refractivity contribution >= 4 is 21.8 Å². The molecule has 0 amide bonds. The van der Waals surface area contributed by atoms with Crippen LogP contribution in [0.2, 0.25) is 0 Å². The predicted octanol–water partition coefficient (Wildman–Crippen LogP) is 1.43. The van der Waals surface area contributed by atoms with E-state index < -0.39 is 28.0 Å². The van der Waals surface area contributed by atoms with E-state index in [0.717, 1.165) is 5.56 Å². The minimum Gasteiger partial charge on any atom is -0.465 e. The molecule has 1 rings (SSSR count). The highest BCUT2D eigenvalue weighted by Crippen LogP contribution is 2.14. The fourth-order valence-electron chi connectivity index (χ4n) is 1.77. The summed E-state index contributed by atoms with van der Waals surface area (Å²) in [6, 6.07) is 4.95. The van der Waals surface area contributed by atoms with Crippen LogP contribution in [0, 0.1) is 12.8 Å². The molecule has 0 aliphatic rings. The Morgan fingerprint density at radius 2 is 1.77 bits per heavy atom. The molecule has 1 aromatic rings. The first kappa shape index (κ1) is 18.3. The number of nitrogens with one attached hydrogen (secondary N) is 1. The van der Waals surface area contributed by atoms with Crippen LogP contribution in [-0.4, -0.2) is 32.8 Å². The number of carbonyl (C=O) groups is 2. The number of rotatable bonds is 7. The number of hydrogen-bond acceptors (Lipinski definition) is 5. The van der Waals surface area contributed by atoms with Crippen molar-refractivity contribution in [2.45, 2.75) is 38.6 Å². The Kier molecular flexibility index (Phi) is 6.25. The van der Waals surface area contributed by atoms with E-state index >= 15 is 0 Å². The van der Waals surface area contributed by atoms with Gasteiger partial charge in [0.25, 0.3) is 0 Å². The molecule has 2 unspecified atom stereocenters. The van der Waals surface area contributed by atoms with E-state index in [9.17, 15) is 18.0 Å². The summed E-state index contributed by atoms with van der Waals surface area (Å²) < 4.78 is 31.8.